The highest BCUT2D eigenvalue weighted by Gasteiger charge is 2.02. The molecule has 0 nitrogen and oxygen atoms in total. The minimum Gasteiger partial charge on any atom is -0.122 e. The summed E-state index contributed by atoms with van der Waals surface area (Å²) in [5, 5.41) is 0. The molecule has 0 N–H and O–H groups in total. The first-order chi connectivity index (χ1) is 8.33. The molecule has 2 rings (SSSR count). The molecule has 0 bridgehead atoms. The molecule has 0 heterocycles. The van der Waals surface area contributed by atoms with Gasteiger partial charge in [0.1, 0.15) is 0 Å². The van der Waals surface area contributed by atoms with Crippen molar-refractivity contribution in [2.45, 2.75) is 29.0 Å². The van der Waals surface area contributed by atoms with E-state index in [2.05, 4.69) is 55.5 Å². The normalized spacial score (nSPS) is 10.5. The van der Waals surface area contributed by atoms with E-state index in [1.807, 2.05) is 11.8 Å². The average molecular weight is 263 g/mol. The molecule has 0 amide bonds. The van der Waals surface area contributed by atoms with Gasteiger partial charge in [0.15, 0.2) is 0 Å². The summed E-state index contributed by atoms with van der Waals surface area (Å²) in [5.41, 5.74) is 2.57. The first-order valence-corrected chi connectivity index (χ1v) is 7.09. The van der Waals surface area contributed by atoms with Gasteiger partial charge in [-0.25, -0.2) is 0 Å². The fourth-order valence-electron chi connectivity index (χ4n) is 1.67. The van der Waals surface area contributed by atoms with Crippen molar-refractivity contribution in [3.05, 3.63) is 59.7 Å². The monoisotopic (exact) mass is 262 g/mol. The van der Waals surface area contributed by atoms with Crippen LogP contribution in [0.4, 0.5) is 0 Å². The Morgan fingerprint density at radius 2 is 1.71 bits per heavy atom. The molecule has 0 saturated heterocycles. The van der Waals surface area contributed by atoms with Crippen LogP contribution < -0.4 is 0 Å². The van der Waals surface area contributed by atoms with Gasteiger partial charge in [-0.05, 0) is 35.7 Å². The van der Waals surface area contributed by atoms with E-state index in [1.54, 1.807) is 0 Å². The molecule has 0 spiro atoms. The molecule has 2 aromatic rings. The Balaban J connectivity index is 2.19. The third-order valence-electron chi connectivity index (χ3n) is 2.66. The number of alkyl halides is 1. The summed E-state index contributed by atoms with van der Waals surface area (Å²) < 4.78 is 0. The Morgan fingerprint density at radius 3 is 2.35 bits per heavy atom. The molecule has 88 valence electrons. The van der Waals surface area contributed by atoms with Crippen molar-refractivity contribution in [2.24, 2.45) is 0 Å². The Bertz CT molecular complexity index is 477. The molecule has 0 radical (unpaired) electrons. The fourth-order valence-corrected chi connectivity index (χ4v) is 2.86. The van der Waals surface area contributed by atoms with Crippen LogP contribution in [0, 0.1) is 0 Å². The maximum absolute atomic E-state index is 5.78. The third kappa shape index (κ3) is 3.27. The van der Waals surface area contributed by atoms with E-state index < -0.39 is 0 Å². The number of hydrogen-bond acceptors (Lipinski definition) is 1. The number of rotatable bonds is 4. The summed E-state index contributed by atoms with van der Waals surface area (Å²) in [6, 6.07) is 17.0. The Morgan fingerprint density at radius 1 is 1.00 bits per heavy atom. The maximum atomic E-state index is 5.78. The van der Waals surface area contributed by atoms with Gasteiger partial charge >= 0.3 is 0 Å². The van der Waals surface area contributed by atoms with Gasteiger partial charge in [0.2, 0.25) is 0 Å². The van der Waals surface area contributed by atoms with Gasteiger partial charge in [-0.1, -0.05) is 49.0 Å². The summed E-state index contributed by atoms with van der Waals surface area (Å²) in [7, 11) is 0. The number of benzene rings is 2. The summed E-state index contributed by atoms with van der Waals surface area (Å²) in [4.78, 5) is 2.60. The van der Waals surface area contributed by atoms with Gasteiger partial charge < -0.3 is 0 Å². The zero-order valence-corrected chi connectivity index (χ0v) is 11.4. The minimum absolute atomic E-state index is 0.580. The van der Waals surface area contributed by atoms with Crippen molar-refractivity contribution in [1.82, 2.24) is 0 Å². The van der Waals surface area contributed by atoms with Crippen molar-refractivity contribution in [2.75, 3.05) is 0 Å². The lowest BCUT2D eigenvalue weighted by Gasteiger charge is -2.07. The van der Waals surface area contributed by atoms with Crippen molar-refractivity contribution >= 4 is 23.4 Å². The molecule has 0 unspecified atom stereocenters. The topological polar surface area (TPSA) is 0 Å². The quantitative estimate of drug-likeness (QED) is 0.688. The predicted octanol–water partition coefficient (Wildman–Crippen LogP) is 5.14. The second-order valence-corrected chi connectivity index (χ2v) is 5.22. The van der Waals surface area contributed by atoms with Crippen LogP contribution in [0.5, 0.6) is 0 Å². The molecule has 0 aliphatic heterocycles. The number of hydrogen-bond donors (Lipinski definition) is 0. The maximum Gasteiger partial charge on any atom is 0.0474 e. The Kier molecular flexibility index (Phi) is 4.52. The summed E-state index contributed by atoms with van der Waals surface area (Å²) in [5.74, 6) is 0.580. The second kappa shape index (κ2) is 6.13. The van der Waals surface area contributed by atoms with E-state index in [4.69, 9.17) is 11.6 Å². The fraction of sp³-hybridized carbons (Fsp3) is 0.200. The zero-order valence-electron chi connectivity index (χ0n) is 9.82. The summed E-state index contributed by atoms with van der Waals surface area (Å²) in [6.07, 6.45) is 1.07. The zero-order chi connectivity index (χ0) is 12.1. The third-order valence-corrected chi connectivity index (χ3v) is 4.09. The molecule has 0 aromatic heterocycles. The van der Waals surface area contributed by atoms with Crippen molar-refractivity contribution in [1.29, 1.82) is 0 Å². The largest absolute Gasteiger partial charge is 0.122 e. The first kappa shape index (κ1) is 12.5. The number of halogens is 1. The van der Waals surface area contributed by atoms with Crippen LogP contribution in [-0.2, 0) is 12.3 Å². The molecule has 0 saturated carbocycles. The first-order valence-electron chi connectivity index (χ1n) is 5.74. The van der Waals surface area contributed by atoms with Gasteiger partial charge in [-0.15, -0.1) is 11.6 Å². The molecule has 0 fully saturated rings. The molecule has 2 aromatic carbocycles. The lowest BCUT2D eigenvalue weighted by Crippen LogP contribution is -1.84. The van der Waals surface area contributed by atoms with Crippen LogP contribution in [0.25, 0.3) is 0 Å². The van der Waals surface area contributed by atoms with Crippen LogP contribution in [0.1, 0.15) is 18.1 Å². The lowest BCUT2D eigenvalue weighted by molar-refractivity contribution is 1.08. The highest BCUT2D eigenvalue weighted by molar-refractivity contribution is 7.99. The van der Waals surface area contributed by atoms with E-state index in [1.165, 1.54) is 20.9 Å². The standard InChI is InChI=1S/C15H15ClS/c1-2-13-5-3-4-6-15(13)17-14-9-7-12(11-16)8-10-14/h3-10H,2,11H2,1H3. The SMILES string of the molecule is CCc1ccccc1Sc1ccc(CCl)cc1. The van der Waals surface area contributed by atoms with E-state index in [9.17, 15) is 0 Å². The van der Waals surface area contributed by atoms with E-state index in [-0.39, 0.29) is 0 Å². The van der Waals surface area contributed by atoms with Crippen molar-refractivity contribution in [3.63, 3.8) is 0 Å². The summed E-state index contributed by atoms with van der Waals surface area (Å²) >= 11 is 7.60. The van der Waals surface area contributed by atoms with Crippen LogP contribution >= 0.6 is 23.4 Å². The minimum atomic E-state index is 0.580. The van der Waals surface area contributed by atoms with Gasteiger partial charge in [-0.2, -0.15) is 0 Å². The molecule has 0 aliphatic rings. The van der Waals surface area contributed by atoms with Gasteiger partial charge in [-0.3, -0.25) is 0 Å². The van der Waals surface area contributed by atoms with Crippen LogP contribution in [0.3, 0.4) is 0 Å². The lowest BCUT2D eigenvalue weighted by atomic mass is 10.2. The molecular weight excluding hydrogens is 248 g/mol. The Hall–Kier alpha value is -0.920. The van der Waals surface area contributed by atoms with E-state index >= 15 is 0 Å². The molecule has 2 heteroatoms. The number of aryl methyl sites for hydroxylation is 1. The van der Waals surface area contributed by atoms with E-state index in [0.717, 1.165) is 6.42 Å². The molecule has 17 heavy (non-hydrogen) atoms. The summed E-state index contributed by atoms with van der Waals surface area (Å²) in [6.45, 7) is 2.19. The highest BCUT2D eigenvalue weighted by Crippen LogP contribution is 2.30. The smallest absolute Gasteiger partial charge is 0.0474 e. The predicted molar refractivity (Wildman–Crippen MR) is 75.9 cm³/mol. The van der Waals surface area contributed by atoms with Crippen molar-refractivity contribution < 1.29 is 0 Å². The van der Waals surface area contributed by atoms with Crippen LogP contribution in [0.15, 0.2) is 58.3 Å². The van der Waals surface area contributed by atoms with Gasteiger partial charge in [0.05, 0.1) is 0 Å². The highest BCUT2D eigenvalue weighted by atomic mass is 35.5. The van der Waals surface area contributed by atoms with Gasteiger partial charge in [0, 0.05) is 15.7 Å². The Labute approximate surface area is 112 Å². The van der Waals surface area contributed by atoms with Crippen LogP contribution in [-0.4, -0.2) is 0 Å². The average Bonchev–Trinajstić information content (AvgIpc) is 2.40. The van der Waals surface area contributed by atoms with E-state index in [0.29, 0.717) is 5.88 Å². The second-order valence-electron chi connectivity index (χ2n) is 3.84. The molecule has 0 atom stereocenters. The van der Waals surface area contributed by atoms with Crippen molar-refractivity contribution in [3.8, 4) is 0 Å². The molecular formula is C15H15ClS. The molecule has 0 aliphatic carbocycles. The van der Waals surface area contributed by atoms with Gasteiger partial charge in [0.25, 0.3) is 0 Å². The van der Waals surface area contributed by atoms with Crippen LogP contribution in [0.2, 0.25) is 0 Å².